The Labute approximate surface area is 169 Å². The highest BCUT2D eigenvalue weighted by Gasteiger charge is 2.29. The molecule has 1 aliphatic carbocycles. The van der Waals surface area contributed by atoms with Crippen molar-refractivity contribution >= 4 is 22.5 Å². The van der Waals surface area contributed by atoms with E-state index in [1.807, 2.05) is 48.5 Å². The molecule has 0 saturated heterocycles. The van der Waals surface area contributed by atoms with Crippen LogP contribution in [0.2, 0.25) is 0 Å². The summed E-state index contributed by atoms with van der Waals surface area (Å²) in [6.07, 6.45) is 3.23. The Kier molecular flexibility index (Phi) is 4.05. The zero-order valence-corrected chi connectivity index (χ0v) is 16.7. The number of nitrogens with zero attached hydrogens (tertiary/aromatic N) is 1. The second-order valence-electron chi connectivity index (χ2n) is 8.68. The van der Waals surface area contributed by atoms with Crippen LogP contribution in [-0.4, -0.2) is 21.1 Å². The van der Waals surface area contributed by atoms with Crippen LogP contribution in [0.5, 0.6) is 0 Å². The summed E-state index contributed by atoms with van der Waals surface area (Å²) in [6, 6.07) is 17.3. The molecule has 29 heavy (non-hydrogen) atoms. The van der Waals surface area contributed by atoms with Gasteiger partial charge in [0.15, 0.2) is 0 Å². The van der Waals surface area contributed by atoms with Crippen molar-refractivity contribution in [1.82, 2.24) is 15.2 Å². The number of carbonyl (C=O) groups is 1. The molecule has 3 N–H and O–H groups in total. The van der Waals surface area contributed by atoms with Crippen molar-refractivity contribution in [2.24, 2.45) is 5.41 Å². The van der Waals surface area contributed by atoms with E-state index in [2.05, 4.69) is 40.4 Å². The van der Waals surface area contributed by atoms with E-state index in [0.29, 0.717) is 11.0 Å². The first-order chi connectivity index (χ1) is 14.0. The molecule has 1 amide bonds. The minimum atomic E-state index is -0.111. The number of H-pyrrole nitrogens is 2. The molecular formula is C24H24N4O. The summed E-state index contributed by atoms with van der Waals surface area (Å²) in [4.78, 5) is 16.1. The smallest absolute Gasteiger partial charge is 0.255 e. The van der Waals surface area contributed by atoms with E-state index in [1.54, 1.807) is 0 Å². The van der Waals surface area contributed by atoms with Gasteiger partial charge in [0.25, 0.3) is 5.91 Å². The SMILES string of the molecule is CC1(C)CCc2c(-c3cc4cc(C(=O)Nc5ccccc5)ccc4[nH]3)n[nH]c2C1. The van der Waals surface area contributed by atoms with Crippen molar-refractivity contribution in [2.45, 2.75) is 33.1 Å². The van der Waals surface area contributed by atoms with Gasteiger partial charge in [0, 0.05) is 33.4 Å². The summed E-state index contributed by atoms with van der Waals surface area (Å²) in [6.45, 7) is 4.61. The maximum atomic E-state index is 12.6. The van der Waals surface area contributed by atoms with Crippen molar-refractivity contribution in [1.29, 1.82) is 0 Å². The number of anilines is 1. The van der Waals surface area contributed by atoms with E-state index in [0.717, 1.165) is 47.2 Å². The second-order valence-corrected chi connectivity index (χ2v) is 8.68. The Morgan fingerprint density at radius 1 is 1.10 bits per heavy atom. The summed E-state index contributed by atoms with van der Waals surface area (Å²) in [7, 11) is 0. The number of para-hydroxylation sites is 1. The minimum Gasteiger partial charge on any atom is -0.353 e. The third-order valence-electron chi connectivity index (χ3n) is 5.83. The van der Waals surface area contributed by atoms with Crippen LogP contribution in [0.4, 0.5) is 5.69 Å². The standard InChI is InChI=1S/C24H24N4O/c1-24(2)11-10-18-21(14-24)27-28-22(18)20-13-16-12-15(8-9-19(16)26-20)23(29)25-17-6-4-3-5-7-17/h3-9,12-13,26H,10-11,14H2,1-2H3,(H,25,29)(H,27,28). The molecule has 0 spiro atoms. The molecule has 0 atom stereocenters. The monoisotopic (exact) mass is 384 g/mol. The van der Waals surface area contributed by atoms with Gasteiger partial charge in [0.1, 0.15) is 5.69 Å². The molecule has 4 aromatic rings. The van der Waals surface area contributed by atoms with Crippen LogP contribution in [0.15, 0.2) is 54.6 Å². The van der Waals surface area contributed by atoms with E-state index in [9.17, 15) is 4.79 Å². The maximum absolute atomic E-state index is 12.6. The summed E-state index contributed by atoms with van der Waals surface area (Å²) >= 11 is 0. The lowest BCUT2D eigenvalue weighted by Crippen LogP contribution is -2.21. The van der Waals surface area contributed by atoms with E-state index < -0.39 is 0 Å². The molecule has 0 saturated carbocycles. The topological polar surface area (TPSA) is 73.6 Å². The van der Waals surface area contributed by atoms with Gasteiger partial charge in [-0.05, 0) is 61.1 Å². The molecule has 2 aromatic carbocycles. The van der Waals surface area contributed by atoms with Crippen LogP contribution in [0.3, 0.4) is 0 Å². The van der Waals surface area contributed by atoms with Gasteiger partial charge < -0.3 is 10.3 Å². The van der Waals surface area contributed by atoms with Crippen molar-refractivity contribution in [2.75, 3.05) is 5.32 Å². The lowest BCUT2D eigenvalue weighted by Gasteiger charge is -2.28. The van der Waals surface area contributed by atoms with Crippen molar-refractivity contribution in [3.8, 4) is 11.4 Å². The van der Waals surface area contributed by atoms with Crippen LogP contribution >= 0.6 is 0 Å². The molecule has 5 nitrogen and oxygen atoms in total. The maximum Gasteiger partial charge on any atom is 0.255 e. The van der Waals surface area contributed by atoms with Gasteiger partial charge in [0.05, 0.1) is 5.69 Å². The first-order valence-electron chi connectivity index (χ1n) is 10.0. The number of fused-ring (bicyclic) bond motifs is 2. The highest BCUT2D eigenvalue weighted by Crippen LogP contribution is 2.38. The normalized spacial score (nSPS) is 15.2. The van der Waals surface area contributed by atoms with Crippen molar-refractivity contribution in [3.05, 3.63) is 71.4 Å². The van der Waals surface area contributed by atoms with Gasteiger partial charge >= 0.3 is 0 Å². The Morgan fingerprint density at radius 3 is 2.76 bits per heavy atom. The molecule has 5 rings (SSSR count). The largest absolute Gasteiger partial charge is 0.353 e. The second kappa shape index (κ2) is 6.62. The summed E-state index contributed by atoms with van der Waals surface area (Å²) < 4.78 is 0. The third-order valence-corrected chi connectivity index (χ3v) is 5.83. The first kappa shape index (κ1) is 17.7. The zero-order valence-electron chi connectivity index (χ0n) is 16.7. The molecule has 1 aliphatic rings. The fourth-order valence-corrected chi connectivity index (χ4v) is 4.20. The number of aromatic amines is 2. The van der Waals surface area contributed by atoms with Gasteiger partial charge in [-0.25, -0.2) is 0 Å². The number of amides is 1. The van der Waals surface area contributed by atoms with Crippen LogP contribution in [0.25, 0.3) is 22.3 Å². The highest BCUT2D eigenvalue weighted by molar-refractivity contribution is 6.06. The predicted octanol–water partition coefficient (Wildman–Crippen LogP) is 5.33. The number of carbonyl (C=O) groups excluding carboxylic acids is 1. The van der Waals surface area contributed by atoms with Crippen molar-refractivity contribution in [3.63, 3.8) is 0 Å². The summed E-state index contributed by atoms with van der Waals surface area (Å²) in [5, 5.41) is 11.8. The quantitative estimate of drug-likeness (QED) is 0.447. The van der Waals surface area contributed by atoms with Crippen LogP contribution in [0, 0.1) is 5.41 Å². The fourth-order valence-electron chi connectivity index (χ4n) is 4.20. The molecule has 0 radical (unpaired) electrons. The van der Waals surface area contributed by atoms with Crippen LogP contribution < -0.4 is 5.32 Å². The number of nitrogens with one attached hydrogen (secondary N) is 3. The molecular weight excluding hydrogens is 360 g/mol. The average molecular weight is 384 g/mol. The highest BCUT2D eigenvalue weighted by atomic mass is 16.1. The van der Waals surface area contributed by atoms with Crippen molar-refractivity contribution < 1.29 is 4.79 Å². The predicted molar refractivity (Wildman–Crippen MR) is 116 cm³/mol. The lowest BCUT2D eigenvalue weighted by molar-refractivity contribution is 0.102. The van der Waals surface area contributed by atoms with Gasteiger partial charge in [-0.2, -0.15) is 5.10 Å². The molecule has 0 aliphatic heterocycles. The fraction of sp³-hybridized carbons (Fsp3) is 0.250. The first-order valence-corrected chi connectivity index (χ1v) is 10.0. The van der Waals surface area contributed by atoms with E-state index in [1.165, 1.54) is 11.3 Å². The van der Waals surface area contributed by atoms with Crippen LogP contribution in [-0.2, 0) is 12.8 Å². The molecule has 5 heteroatoms. The van der Waals surface area contributed by atoms with Gasteiger partial charge in [-0.15, -0.1) is 0 Å². The Hall–Kier alpha value is -3.34. The number of hydrogen-bond acceptors (Lipinski definition) is 2. The lowest BCUT2D eigenvalue weighted by atomic mass is 9.76. The summed E-state index contributed by atoms with van der Waals surface area (Å²) in [5.41, 5.74) is 7.31. The molecule has 2 aromatic heterocycles. The molecule has 0 unspecified atom stereocenters. The third kappa shape index (κ3) is 3.33. The van der Waals surface area contributed by atoms with Gasteiger partial charge in [0.2, 0.25) is 0 Å². The average Bonchev–Trinajstić information content (AvgIpc) is 3.30. The van der Waals surface area contributed by atoms with E-state index >= 15 is 0 Å². The Bertz CT molecular complexity index is 1200. The van der Waals surface area contributed by atoms with E-state index in [4.69, 9.17) is 0 Å². The number of hydrogen-bond donors (Lipinski definition) is 3. The minimum absolute atomic E-state index is 0.111. The number of benzene rings is 2. The van der Waals surface area contributed by atoms with Gasteiger partial charge in [-0.1, -0.05) is 32.0 Å². The molecule has 146 valence electrons. The molecule has 0 fully saturated rings. The zero-order chi connectivity index (χ0) is 20.0. The summed E-state index contributed by atoms with van der Waals surface area (Å²) in [5.74, 6) is -0.111. The van der Waals surface area contributed by atoms with Crippen LogP contribution in [0.1, 0.15) is 41.9 Å². The van der Waals surface area contributed by atoms with Gasteiger partial charge in [-0.3, -0.25) is 9.89 Å². The number of rotatable bonds is 3. The van der Waals surface area contributed by atoms with E-state index in [-0.39, 0.29) is 5.91 Å². The molecule has 0 bridgehead atoms. The number of aromatic nitrogens is 3. The Balaban J connectivity index is 1.45. The Morgan fingerprint density at radius 2 is 1.93 bits per heavy atom. The molecule has 2 heterocycles.